The van der Waals surface area contributed by atoms with E-state index in [1.165, 1.54) is 218 Å². The lowest BCUT2D eigenvalue weighted by atomic mass is 10.0. The molecular weight excluding hydrogens is 839 g/mol. The molecule has 9 nitrogen and oxygen atoms in total. The number of aliphatic carboxylic acids is 1. The number of carbonyl (C=O) groups is 3. The van der Waals surface area contributed by atoms with Crippen molar-refractivity contribution in [3.63, 3.8) is 0 Å². The van der Waals surface area contributed by atoms with Crippen LogP contribution in [0.5, 0.6) is 0 Å². The van der Waals surface area contributed by atoms with Crippen molar-refractivity contribution in [2.24, 2.45) is 0 Å². The van der Waals surface area contributed by atoms with E-state index in [4.69, 9.17) is 18.9 Å². The van der Waals surface area contributed by atoms with Crippen LogP contribution in [-0.4, -0.2) is 87.4 Å². The van der Waals surface area contributed by atoms with Crippen LogP contribution in [0, 0.1) is 0 Å². The zero-order valence-corrected chi connectivity index (χ0v) is 45.1. The van der Waals surface area contributed by atoms with E-state index in [2.05, 4.69) is 26.0 Å². The zero-order chi connectivity index (χ0) is 49.2. The summed E-state index contributed by atoms with van der Waals surface area (Å²) in [6, 6.07) is 0. The summed E-state index contributed by atoms with van der Waals surface area (Å²) >= 11 is 0. The zero-order valence-electron chi connectivity index (χ0n) is 45.1. The molecule has 0 spiro atoms. The Hall–Kier alpha value is -1.97. The van der Waals surface area contributed by atoms with E-state index in [1.54, 1.807) is 0 Å². The normalized spacial score (nSPS) is 12.8. The molecule has 1 N–H and O–H groups in total. The molecule has 2 unspecified atom stereocenters. The summed E-state index contributed by atoms with van der Waals surface area (Å²) in [5.74, 6) is -1.98. The molecule has 0 saturated heterocycles. The highest BCUT2D eigenvalue weighted by molar-refractivity contribution is 5.71. The summed E-state index contributed by atoms with van der Waals surface area (Å²) in [4.78, 5) is 37.4. The minimum Gasteiger partial charge on any atom is -0.477 e. The molecule has 0 aliphatic rings. The van der Waals surface area contributed by atoms with Crippen LogP contribution < -0.4 is 0 Å². The van der Waals surface area contributed by atoms with Crippen molar-refractivity contribution >= 4 is 17.9 Å². The van der Waals surface area contributed by atoms with Crippen LogP contribution in [0.3, 0.4) is 0 Å². The molecule has 67 heavy (non-hydrogen) atoms. The van der Waals surface area contributed by atoms with Gasteiger partial charge in [0.1, 0.15) is 13.2 Å². The maximum Gasteiger partial charge on any atom is 0.361 e. The van der Waals surface area contributed by atoms with Crippen molar-refractivity contribution in [3.8, 4) is 0 Å². The molecule has 0 saturated carbocycles. The number of hydrogen-bond donors (Lipinski definition) is 1. The Labute approximate surface area is 415 Å². The minimum atomic E-state index is -1.51. The fourth-order valence-electron chi connectivity index (χ4n) is 8.54. The molecule has 0 bridgehead atoms. The summed E-state index contributed by atoms with van der Waals surface area (Å²) in [5.41, 5.74) is 0. The molecule has 0 heterocycles. The number of allylic oxidation sites excluding steroid dienone is 2. The molecule has 0 aromatic heterocycles. The average Bonchev–Trinajstić information content (AvgIpc) is 3.29. The van der Waals surface area contributed by atoms with E-state index in [1.807, 2.05) is 21.1 Å². The Morgan fingerprint density at radius 1 is 0.433 bits per heavy atom. The van der Waals surface area contributed by atoms with Gasteiger partial charge in [-0.05, 0) is 38.5 Å². The first-order valence-corrected chi connectivity index (χ1v) is 28.9. The Kier molecular flexibility index (Phi) is 48.9. The summed E-state index contributed by atoms with van der Waals surface area (Å²) in [7, 11) is 5.98. The van der Waals surface area contributed by atoms with Crippen molar-refractivity contribution in [1.82, 2.24) is 0 Å². The second-order valence-corrected chi connectivity index (χ2v) is 21.0. The van der Waals surface area contributed by atoms with Gasteiger partial charge in [0.25, 0.3) is 6.29 Å². The number of hydrogen-bond acceptors (Lipinski definition) is 7. The first kappa shape index (κ1) is 65.0. The lowest BCUT2D eigenvalue weighted by Gasteiger charge is -2.25. The van der Waals surface area contributed by atoms with Gasteiger partial charge in [-0.15, -0.1) is 0 Å². The van der Waals surface area contributed by atoms with E-state index >= 15 is 0 Å². The summed E-state index contributed by atoms with van der Waals surface area (Å²) < 4.78 is 22.9. The fraction of sp³-hybridized carbons (Fsp3) is 0.914. The van der Waals surface area contributed by atoms with Gasteiger partial charge < -0.3 is 28.5 Å². The Bertz CT molecular complexity index is 1110. The van der Waals surface area contributed by atoms with E-state index in [0.717, 1.165) is 38.5 Å². The Morgan fingerprint density at radius 2 is 0.761 bits per heavy atom. The molecule has 0 aromatic carbocycles. The van der Waals surface area contributed by atoms with Crippen molar-refractivity contribution in [1.29, 1.82) is 0 Å². The van der Waals surface area contributed by atoms with Gasteiger partial charge in [0.2, 0.25) is 0 Å². The Balaban J connectivity index is 4.22. The second kappa shape index (κ2) is 50.4. The number of carboxylic acids is 1. The van der Waals surface area contributed by atoms with E-state index in [-0.39, 0.29) is 32.2 Å². The molecule has 0 amide bonds. The SMILES string of the molecule is CCCCCCCCCC/C=C\CCCCCCCCCCCC(=O)OC(COC(=O)CCCCCCCCCCCCCCCCCCCCCCC)COC(OCC[N+](C)(C)C)C(=O)O. The fourth-order valence-corrected chi connectivity index (χ4v) is 8.54. The predicted molar refractivity (Wildman–Crippen MR) is 281 cm³/mol. The monoisotopic (exact) mass is 951 g/mol. The van der Waals surface area contributed by atoms with Gasteiger partial charge >= 0.3 is 17.9 Å². The standard InChI is InChI=1S/C58H111NO8/c1-6-8-10-12-14-16-18-20-22-24-26-28-30-32-34-36-38-40-42-44-46-48-55(60)65-52-54(53-66-58(57(62)63)64-51-50-59(3,4)5)67-56(61)49-47-45-43-41-39-37-35-33-31-29-27-25-23-21-19-17-15-13-11-9-7-2/h25,27,54,58H,6-24,26,28-53H2,1-5H3/p+1/b27-25-. The van der Waals surface area contributed by atoms with Crippen LogP contribution in [0.25, 0.3) is 0 Å². The number of ether oxygens (including phenoxy) is 4. The van der Waals surface area contributed by atoms with Crippen LogP contribution in [0.15, 0.2) is 12.2 Å². The van der Waals surface area contributed by atoms with Gasteiger partial charge in [0, 0.05) is 12.8 Å². The van der Waals surface area contributed by atoms with Gasteiger partial charge in [-0.2, -0.15) is 0 Å². The maximum absolute atomic E-state index is 12.9. The minimum absolute atomic E-state index is 0.176. The highest BCUT2D eigenvalue weighted by atomic mass is 16.7. The number of carbonyl (C=O) groups excluding carboxylic acids is 2. The second-order valence-electron chi connectivity index (χ2n) is 21.0. The van der Waals surface area contributed by atoms with Crippen molar-refractivity contribution < 1.29 is 42.9 Å². The smallest absolute Gasteiger partial charge is 0.361 e. The van der Waals surface area contributed by atoms with Crippen molar-refractivity contribution in [3.05, 3.63) is 12.2 Å². The van der Waals surface area contributed by atoms with E-state index < -0.39 is 24.3 Å². The number of esters is 2. The molecule has 0 aliphatic heterocycles. The van der Waals surface area contributed by atoms with Gasteiger partial charge in [-0.25, -0.2) is 4.79 Å². The van der Waals surface area contributed by atoms with Crippen LogP contribution in [0.4, 0.5) is 0 Å². The van der Waals surface area contributed by atoms with Gasteiger partial charge in [0.05, 0.1) is 34.4 Å². The lowest BCUT2D eigenvalue weighted by molar-refractivity contribution is -0.870. The van der Waals surface area contributed by atoms with Gasteiger partial charge in [-0.1, -0.05) is 244 Å². The average molecular weight is 952 g/mol. The number of unbranched alkanes of at least 4 members (excludes halogenated alkanes) is 37. The third-order valence-corrected chi connectivity index (χ3v) is 13.0. The number of quaternary nitrogens is 1. The van der Waals surface area contributed by atoms with Crippen molar-refractivity contribution in [2.45, 2.75) is 296 Å². The molecule has 396 valence electrons. The van der Waals surface area contributed by atoms with Crippen LogP contribution >= 0.6 is 0 Å². The van der Waals surface area contributed by atoms with E-state index in [9.17, 15) is 19.5 Å². The van der Waals surface area contributed by atoms with E-state index in [0.29, 0.717) is 17.4 Å². The highest BCUT2D eigenvalue weighted by Crippen LogP contribution is 2.17. The summed E-state index contributed by atoms with van der Waals surface area (Å²) in [5, 5.41) is 9.70. The van der Waals surface area contributed by atoms with Gasteiger partial charge in [-0.3, -0.25) is 9.59 Å². The molecular formula is C58H112NO8+. The van der Waals surface area contributed by atoms with Crippen LogP contribution in [-0.2, 0) is 33.3 Å². The molecule has 9 heteroatoms. The number of rotatable bonds is 54. The lowest BCUT2D eigenvalue weighted by Crippen LogP contribution is -2.40. The topological polar surface area (TPSA) is 108 Å². The molecule has 0 aromatic rings. The van der Waals surface area contributed by atoms with Gasteiger partial charge in [0.15, 0.2) is 6.10 Å². The molecule has 0 fully saturated rings. The predicted octanol–water partition coefficient (Wildman–Crippen LogP) is 16.6. The number of carboxylic acid groups (broad SMARTS) is 1. The maximum atomic E-state index is 12.9. The Morgan fingerprint density at radius 3 is 1.10 bits per heavy atom. The largest absolute Gasteiger partial charge is 0.477 e. The quantitative estimate of drug-likeness (QED) is 0.0211. The highest BCUT2D eigenvalue weighted by Gasteiger charge is 2.25. The summed E-state index contributed by atoms with van der Waals surface area (Å²) in [6.45, 7) is 4.93. The molecule has 2 atom stereocenters. The van der Waals surface area contributed by atoms with Crippen LogP contribution in [0.2, 0.25) is 0 Å². The van der Waals surface area contributed by atoms with Crippen molar-refractivity contribution in [2.75, 3.05) is 47.5 Å². The van der Waals surface area contributed by atoms with Crippen LogP contribution in [0.1, 0.15) is 284 Å². The third-order valence-electron chi connectivity index (χ3n) is 13.0. The number of likely N-dealkylation sites (N-methyl/N-ethyl adjacent to an activating group) is 1. The first-order valence-electron chi connectivity index (χ1n) is 28.9. The number of nitrogens with zero attached hydrogens (tertiary/aromatic N) is 1. The summed E-state index contributed by atoms with van der Waals surface area (Å²) in [6.07, 6.45) is 54.3. The molecule has 0 aliphatic carbocycles. The molecule has 0 rings (SSSR count). The third kappa shape index (κ3) is 51.7. The first-order chi connectivity index (χ1) is 32.6. The molecule has 0 radical (unpaired) electrons.